The van der Waals surface area contributed by atoms with Gasteiger partial charge in [-0.25, -0.2) is 22.2 Å². The van der Waals surface area contributed by atoms with Crippen molar-refractivity contribution >= 4 is 15.8 Å². The van der Waals surface area contributed by atoms with Crippen molar-refractivity contribution in [2.45, 2.75) is 11.5 Å². The van der Waals surface area contributed by atoms with Crippen molar-refractivity contribution in [3.05, 3.63) is 84.1 Å². The van der Waals surface area contributed by atoms with Gasteiger partial charge in [0, 0.05) is 12.3 Å². The molecule has 0 aliphatic rings. The summed E-state index contributed by atoms with van der Waals surface area (Å²) >= 11 is 0. The van der Waals surface area contributed by atoms with Crippen LogP contribution in [0.1, 0.15) is 5.56 Å². The molecule has 0 fully saturated rings. The molecule has 8 heteroatoms. The minimum atomic E-state index is -4.24. The summed E-state index contributed by atoms with van der Waals surface area (Å²) in [6, 6.07) is 14.4. The largest absolute Gasteiger partial charge is 0.485 e. The molecular weight excluding hydrogens is 362 g/mol. The van der Waals surface area contributed by atoms with Crippen molar-refractivity contribution in [3.63, 3.8) is 0 Å². The van der Waals surface area contributed by atoms with Crippen LogP contribution in [0.15, 0.2) is 71.8 Å². The van der Waals surface area contributed by atoms with Crippen LogP contribution in [0.3, 0.4) is 0 Å². The molecule has 134 valence electrons. The third kappa shape index (κ3) is 4.34. The van der Waals surface area contributed by atoms with Crippen molar-refractivity contribution < 1.29 is 21.9 Å². The zero-order chi connectivity index (χ0) is 18.6. The van der Waals surface area contributed by atoms with Gasteiger partial charge in [0.15, 0.2) is 11.6 Å². The van der Waals surface area contributed by atoms with Gasteiger partial charge in [-0.3, -0.25) is 4.72 Å². The van der Waals surface area contributed by atoms with Crippen molar-refractivity contribution in [3.8, 4) is 5.75 Å². The zero-order valence-electron chi connectivity index (χ0n) is 13.4. The Hall–Kier alpha value is -3.00. The summed E-state index contributed by atoms with van der Waals surface area (Å²) in [5, 5.41) is 0. The maximum atomic E-state index is 13.3. The quantitative estimate of drug-likeness (QED) is 0.712. The van der Waals surface area contributed by atoms with E-state index in [4.69, 9.17) is 4.74 Å². The van der Waals surface area contributed by atoms with Gasteiger partial charge in [-0.1, -0.05) is 30.3 Å². The number of hydrogen-bond donors (Lipinski definition) is 1. The molecule has 0 saturated heterocycles. The van der Waals surface area contributed by atoms with E-state index in [0.29, 0.717) is 6.07 Å². The smallest absolute Gasteiger partial charge is 0.263 e. The zero-order valence-corrected chi connectivity index (χ0v) is 14.2. The maximum Gasteiger partial charge on any atom is 0.263 e. The third-order valence-electron chi connectivity index (χ3n) is 3.39. The predicted octanol–water partition coefficient (Wildman–Crippen LogP) is 3.74. The fourth-order valence-electron chi connectivity index (χ4n) is 2.19. The molecule has 0 saturated carbocycles. The molecule has 0 amide bonds. The summed E-state index contributed by atoms with van der Waals surface area (Å²) in [7, 11) is -4.24. The lowest BCUT2D eigenvalue weighted by Gasteiger charge is -2.13. The van der Waals surface area contributed by atoms with Crippen LogP contribution in [-0.4, -0.2) is 13.4 Å². The normalized spacial score (nSPS) is 11.2. The second kappa shape index (κ2) is 7.49. The molecule has 3 aromatic rings. The van der Waals surface area contributed by atoms with E-state index < -0.39 is 26.6 Å². The highest BCUT2D eigenvalue weighted by molar-refractivity contribution is 7.92. The number of halogens is 2. The number of nitrogens with zero attached hydrogens (tertiary/aromatic N) is 1. The lowest BCUT2D eigenvalue weighted by molar-refractivity contribution is 0.307. The van der Waals surface area contributed by atoms with Crippen LogP contribution in [0.4, 0.5) is 14.6 Å². The van der Waals surface area contributed by atoms with E-state index in [1.807, 2.05) is 30.3 Å². The number of anilines is 1. The SMILES string of the molecule is O=S(=O)(Nc1ncccc1OCc1ccccc1)c1cc(F)cc(F)c1. The lowest BCUT2D eigenvalue weighted by Crippen LogP contribution is -2.15. The van der Waals surface area contributed by atoms with Crippen LogP contribution in [0.25, 0.3) is 0 Å². The fraction of sp³-hybridized carbons (Fsp3) is 0.0556. The summed E-state index contributed by atoms with van der Waals surface area (Å²) < 4.78 is 59.2. The molecule has 3 rings (SSSR count). The molecule has 0 radical (unpaired) electrons. The van der Waals surface area contributed by atoms with Gasteiger partial charge in [0.05, 0.1) is 4.90 Å². The van der Waals surface area contributed by atoms with E-state index >= 15 is 0 Å². The average molecular weight is 376 g/mol. The van der Waals surface area contributed by atoms with E-state index in [1.54, 1.807) is 12.1 Å². The predicted molar refractivity (Wildman–Crippen MR) is 92.2 cm³/mol. The van der Waals surface area contributed by atoms with Crippen LogP contribution in [0, 0.1) is 11.6 Å². The third-order valence-corrected chi connectivity index (χ3v) is 4.70. The minimum Gasteiger partial charge on any atom is -0.485 e. The first-order chi connectivity index (χ1) is 12.4. The Labute approximate surface area is 149 Å². The standard InChI is InChI=1S/C18H14F2N2O3S/c19-14-9-15(20)11-16(10-14)26(23,24)22-18-17(7-4-8-21-18)25-12-13-5-2-1-3-6-13/h1-11H,12H2,(H,21,22). The lowest BCUT2D eigenvalue weighted by atomic mass is 10.2. The number of pyridine rings is 1. The first-order valence-corrected chi connectivity index (χ1v) is 9.03. The Balaban J connectivity index is 1.83. The Bertz CT molecular complexity index is 992. The summed E-state index contributed by atoms with van der Waals surface area (Å²) in [6.07, 6.45) is 1.37. The topological polar surface area (TPSA) is 68.3 Å². The molecule has 26 heavy (non-hydrogen) atoms. The molecule has 1 aromatic heterocycles. The van der Waals surface area contributed by atoms with Gasteiger partial charge in [0.1, 0.15) is 18.2 Å². The number of rotatable bonds is 6. The number of ether oxygens (including phenoxy) is 1. The first kappa shape index (κ1) is 17.8. The number of aromatic nitrogens is 1. The molecular formula is C18H14F2N2O3S. The highest BCUT2D eigenvalue weighted by atomic mass is 32.2. The van der Waals surface area contributed by atoms with Crippen molar-refractivity contribution in [2.24, 2.45) is 0 Å². The molecule has 1 heterocycles. The van der Waals surface area contributed by atoms with Gasteiger partial charge >= 0.3 is 0 Å². The molecule has 5 nitrogen and oxygen atoms in total. The maximum absolute atomic E-state index is 13.3. The van der Waals surface area contributed by atoms with Gasteiger partial charge in [0.25, 0.3) is 10.0 Å². The molecule has 0 aliphatic carbocycles. The number of benzene rings is 2. The van der Waals surface area contributed by atoms with E-state index in [2.05, 4.69) is 9.71 Å². The van der Waals surface area contributed by atoms with Gasteiger partial charge in [-0.2, -0.15) is 0 Å². The Morgan fingerprint density at radius 1 is 0.962 bits per heavy atom. The summed E-state index contributed by atoms with van der Waals surface area (Å²) in [5.74, 6) is -1.87. The number of sulfonamides is 1. The van der Waals surface area contributed by atoms with Crippen LogP contribution >= 0.6 is 0 Å². The monoisotopic (exact) mass is 376 g/mol. The second-order valence-corrected chi connectivity index (χ2v) is 7.02. The van der Waals surface area contributed by atoms with Crippen molar-refractivity contribution in [1.82, 2.24) is 4.98 Å². The molecule has 0 aliphatic heterocycles. The van der Waals surface area contributed by atoms with E-state index in [9.17, 15) is 17.2 Å². The van der Waals surface area contributed by atoms with Crippen LogP contribution in [0.2, 0.25) is 0 Å². The van der Waals surface area contributed by atoms with Gasteiger partial charge in [-0.15, -0.1) is 0 Å². The van der Waals surface area contributed by atoms with E-state index in [0.717, 1.165) is 17.7 Å². The van der Waals surface area contributed by atoms with Crippen molar-refractivity contribution in [1.29, 1.82) is 0 Å². The Morgan fingerprint density at radius 3 is 2.35 bits per heavy atom. The summed E-state index contributed by atoms with van der Waals surface area (Å²) in [4.78, 5) is 3.40. The molecule has 1 N–H and O–H groups in total. The Kier molecular flexibility index (Phi) is 5.13. The fourth-order valence-corrected chi connectivity index (χ4v) is 3.25. The molecule has 0 bridgehead atoms. The molecule has 0 spiro atoms. The number of hydrogen-bond acceptors (Lipinski definition) is 4. The van der Waals surface area contributed by atoms with E-state index in [-0.39, 0.29) is 18.2 Å². The van der Waals surface area contributed by atoms with E-state index in [1.165, 1.54) is 6.20 Å². The van der Waals surface area contributed by atoms with Crippen LogP contribution in [-0.2, 0) is 16.6 Å². The highest BCUT2D eigenvalue weighted by Crippen LogP contribution is 2.25. The van der Waals surface area contributed by atoms with Crippen molar-refractivity contribution in [2.75, 3.05) is 4.72 Å². The summed E-state index contributed by atoms with van der Waals surface area (Å²) in [5.41, 5.74) is 0.886. The van der Waals surface area contributed by atoms with Gasteiger partial charge < -0.3 is 4.74 Å². The molecule has 0 unspecified atom stereocenters. The highest BCUT2D eigenvalue weighted by Gasteiger charge is 2.19. The Morgan fingerprint density at radius 2 is 1.65 bits per heavy atom. The second-order valence-electron chi connectivity index (χ2n) is 5.34. The molecule has 0 atom stereocenters. The minimum absolute atomic E-state index is 0.0758. The first-order valence-electron chi connectivity index (χ1n) is 7.55. The van der Waals surface area contributed by atoms with Gasteiger partial charge in [0.2, 0.25) is 0 Å². The summed E-state index contributed by atoms with van der Waals surface area (Å²) in [6.45, 7) is 0.204. The van der Waals surface area contributed by atoms with Gasteiger partial charge in [-0.05, 0) is 29.8 Å². The average Bonchev–Trinajstić information content (AvgIpc) is 2.61. The van der Waals surface area contributed by atoms with Crippen LogP contribution < -0.4 is 9.46 Å². The number of nitrogens with one attached hydrogen (secondary N) is 1. The molecule has 2 aromatic carbocycles. The van der Waals surface area contributed by atoms with Crippen LogP contribution in [0.5, 0.6) is 5.75 Å².